The fourth-order valence-electron chi connectivity index (χ4n) is 3.24. The van der Waals surface area contributed by atoms with Crippen molar-refractivity contribution in [2.24, 2.45) is 5.92 Å². The standard InChI is InChI=1S/C19H26N2O5/c1-25-16-4-6-17(7-5-16)26-12-18(22)20-14-8-15(9-14)21(11-19(23)24)10-13-2-3-13/h4-7,13-15H,2-3,8-12H2,1H3,(H,20,22)(H,23,24). The van der Waals surface area contributed by atoms with Crippen molar-refractivity contribution in [3.05, 3.63) is 24.3 Å². The third kappa shape index (κ3) is 5.36. The van der Waals surface area contributed by atoms with E-state index in [1.807, 2.05) is 0 Å². The van der Waals surface area contributed by atoms with Crippen LogP contribution in [0.1, 0.15) is 25.7 Å². The van der Waals surface area contributed by atoms with Gasteiger partial charge in [0.05, 0.1) is 13.7 Å². The minimum absolute atomic E-state index is 0.0333. The fraction of sp³-hybridized carbons (Fsp3) is 0.579. The van der Waals surface area contributed by atoms with Crippen LogP contribution in [0.15, 0.2) is 24.3 Å². The number of carbonyl (C=O) groups is 2. The molecule has 2 fully saturated rings. The Morgan fingerprint density at radius 3 is 2.42 bits per heavy atom. The van der Waals surface area contributed by atoms with Crippen molar-refractivity contribution in [3.63, 3.8) is 0 Å². The van der Waals surface area contributed by atoms with Gasteiger partial charge < -0.3 is 19.9 Å². The molecule has 142 valence electrons. The molecule has 26 heavy (non-hydrogen) atoms. The van der Waals surface area contributed by atoms with Crippen LogP contribution in [0.2, 0.25) is 0 Å². The lowest BCUT2D eigenvalue weighted by Gasteiger charge is -2.42. The minimum atomic E-state index is -0.786. The average Bonchev–Trinajstić information content (AvgIpc) is 3.39. The number of methoxy groups -OCH3 is 1. The lowest BCUT2D eigenvalue weighted by atomic mass is 9.85. The second kappa shape index (κ2) is 8.40. The number of carboxylic acids is 1. The molecule has 0 aromatic heterocycles. The van der Waals surface area contributed by atoms with E-state index in [-0.39, 0.29) is 31.1 Å². The van der Waals surface area contributed by atoms with E-state index >= 15 is 0 Å². The zero-order chi connectivity index (χ0) is 18.5. The third-order valence-corrected chi connectivity index (χ3v) is 4.95. The van der Waals surface area contributed by atoms with Crippen LogP contribution in [-0.4, -0.2) is 60.8 Å². The molecule has 7 heteroatoms. The van der Waals surface area contributed by atoms with Crippen LogP contribution in [0, 0.1) is 5.92 Å². The van der Waals surface area contributed by atoms with Crippen molar-refractivity contribution in [1.29, 1.82) is 0 Å². The number of carbonyl (C=O) groups excluding carboxylic acids is 1. The molecule has 0 spiro atoms. The van der Waals surface area contributed by atoms with E-state index in [1.54, 1.807) is 31.4 Å². The van der Waals surface area contributed by atoms with Gasteiger partial charge in [0.2, 0.25) is 0 Å². The van der Waals surface area contributed by atoms with Crippen molar-refractivity contribution in [3.8, 4) is 11.5 Å². The summed E-state index contributed by atoms with van der Waals surface area (Å²) in [7, 11) is 1.59. The summed E-state index contributed by atoms with van der Waals surface area (Å²) >= 11 is 0. The van der Waals surface area contributed by atoms with Crippen LogP contribution in [0.5, 0.6) is 11.5 Å². The highest BCUT2D eigenvalue weighted by atomic mass is 16.5. The molecule has 1 aromatic carbocycles. The first-order chi connectivity index (χ1) is 12.5. The first-order valence-electron chi connectivity index (χ1n) is 9.05. The van der Waals surface area contributed by atoms with Crippen molar-refractivity contribution in [1.82, 2.24) is 10.2 Å². The molecule has 0 heterocycles. The molecule has 0 aliphatic heterocycles. The maximum absolute atomic E-state index is 12.0. The van der Waals surface area contributed by atoms with Gasteiger partial charge in [-0.05, 0) is 55.9 Å². The van der Waals surface area contributed by atoms with Gasteiger partial charge in [0.1, 0.15) is 11.5 Å². The van der Waals surface area contributed by atoms with E-state index < -0.39 is 5.97 Å². The van der Waals surface area contributed by atoms with Crippen LogP contribution in [0.3, 0.4) is 0 Å². The Labute approximate surface area is 153 Å². The topological polar surface area (TPSA) is 88.1 Å². The van der Waals surface area contributed by atoms with Crippen LogP contribution >= 0.6 is 0 Å². The number of amides is 1. The molecule has 0 unspecified atom stereocenters. The van der Waals surface area contributed by atoms with Crippen molar-refractivity contribution in [2.45, 2.75) is 37.8 Å². The Hall–Kier alpha value is -2.28. The van der Waals surface area contributed by atoms with E-state index in [0.29, 0.717) is 11.7 Å². The Kier molecular flexibility index (Phi) is 5.98. The maximum Gasteiger partial charge on any atom is 0.317 e. The van der Waals surface area contributed by atoms with E-state index in [4.69, 9.17) is 14.6 Å². The Morgan fingerprint density at radius 1 is 1.19 bits per heavy atom. The highest BCUT2D eigenvalue weighted by Crippen LogP contribution is 2.33. The number of aliphatic carboxylic acids is 1. The van der Waals surface area contributed by atoms with Crippen LogP contribution in [0.4, 0.5) is 0 Å². The number of nitrogens with one attached hydrogen (secondary N) is 1. The second-order valence-electron chi connectivity index (χ2n) is 7.12. The zero-order valence-corrected chi connectivity index (χ0v) is 15.0. The summed E-state index contributed by atoms with van der Waals surface area (Å²) in [6.07, 6.45) is 4.00. The van der Waals surface area contributed by atoms with E-state index in [0.717, 1.165) is 25.1 Å². The molecule has 1 amide bonds. The molecule has 2 aliphatic rings. The second-order valence-corrected chi connectivity index (χ2v) is 7.12. The number of hydrogen-bond acceptors (Lipinski definition) is 5. The smallest absolute Gasteiger partial charge is 0.317 e. The van der Waals surface area contributed by atoms with Gasteiger partial charge in [-0.25, -0.2) is 0 Å². The van der Waals surface area contributed by atoms with Crippen molar-refractivity contribution >= 4 is 11.9 Å². The van der Waals surface area contributed by atoms with E-state index in [2.05, 4.69) is 10.2 Å². The Morgan fingerprint density at radius 2 is 1.85 bits per heavy atom. The molecular formula is C19H26N2O5. The third-order valence-electron chi connectivity index (χ3n) is 4.95. The van der Waals surface area contributed by atoms with Crippen molar-refractivity contribution in [2.75, 3.05) is 26.8 Å². The number of nitrogens with zero attached hydrogens (tertiary/aromatic N) is 1. The summed E-state index contributed by atoms with van der Waals surface area (Å²) in [6.45, 7) is 0.912. The predicted octanol–water partition coefficient (Wildman–Crippen LogP) is 1.52. The average molecular weight is 362 g/mol. The predicted molar refractivity (Wildman–Crippen MR) is 95.4 cm³/mol. The molecule has 3 rings (SSSR count). The van der Waals surface area contributed by atoms with Crippen LogP contribution in [-0.2, 0) is 9.59 Å². The van der Waals surface area contributed by atoms with E-state index in [9.17, 15) is 9.59 Å². The highest BCUT2D eigenvalue weighted by molar-refractivity contribution is 5.78. The first kappa shape index (κ1) is 18.5. The molecule has 1 aromatic rings. The molecule has 0 radical (unpaired) electrons. The Balaban J connectivity index is 1.37. The largest absolute Gasteiger partial charge is 0.497 e. The normalized spacial score (nSPS) is 21.8. The van der Waals surface area contributed by atoms with Crippen LogP contribution in [0.25, 0.3) is 0 Å². The van der Waals surface area contributed by atoms with Crippen molar-refractivity contribution < 1.29 is 24.2 Å². The van der Waals surface area contributed by atoms with E-state index in [1.165, 1.54) is 12.8 Å². The van der Waals surface area contributed by atoms with Gasteiger partial charge in [-0.2, -0.15) is 0 Å². The van der Waals surface area contributed by atoms with Gasteiger partial charge >= 0.3 is 5.97 Å². The first-order valence-corrected chi connectivity index (χ1v) is 9.05. The fourth-order valence-corrected chi connectivity index (χ4v) is 3.24. The van der Waals surface area contributed by atoms with Gasteiger partial charge in [-0.15, -0.1) is 0 Å². The number of rotatable bonds is 10. The van der Waals surface area contributed by atoms with Gasteiger partial charge in [0.25, 0.3) is 5.91 Å². The minimum Gasteiger partial charge on any atom is -0.497 e. The van der Waals surface area contributed by atoms with Gasteiger partial charge in [-0.1, -0.05) is 0 Å². The zero-order valence-electron chi connectivity index (χ0n) is 15.0. The number of benzene rings is 1. The molecule has 2 saturated carbocycles. The van der Waals surface area contributed by atoms with Gasteiger partial charge in [0.15, 0.2) is 6.61 Å². The van der Waals surface area contributed by atoms with Gasteiger partial charge in [0, 0.05) is 18.6 Å². The quantitative estimate of drug-likeness (QED) is 0.656. The number of hydrogen-bond donors (Lipinski definition) is 2. The monoisotopic (exact) mass is 362 g/mol. The lowest BCUT2D eigenvalue weighted by molar-refractivity contribution is -0.140. The molecule has 7 nitrogen and oxygen atoms in total. The summed E-state index contributed by atoms with van der Waals surface area (Å²) < 4.78 is 10.5. The molecule has 2 N–H and O–H groups in total. The van der Waals surface area contributed by atoms with Crippen LogP contribution < -0.4 is 14.8 Å². The summed E-state index contributed by atoms with van der Waals surface area (Å²) in [5.41, 5.74) is 0. The SMILES string of the molecule is COc1ccc(OCC(=O)NC2CC(N(CC(=O)O)CC3CC3)C2)cc1. The summed E-state index contributed by atoms with van der Waals surface area (Å²) in [5.74, 6) is 1.06. The molecule has 0 saturated heterocycles. The molecule has 0 atom stereocenters. The number of ether oxygens (including phenoxy) is 2. The molecule has 0 bridgehead atoms. The molecule has 2 aliphatic carbocycles. The summed E-state index contributed by atoms with van der Waals surface area (Å²) in [4.78, 5) is 25.1. The summed E-state index contributed by atoms with van der Waals surface area (Å²) in [6, 6.07) is 7.42. The number of carboxylic acid groups (broad SMARTS) is 1. The lowest BCUT2D eigenvalue weighted by Crippen LogP contribution is -2.55. The highest BCUT2D eigenvalue weighted by Gasteiger charge is 2.37. The summed E-state index contributed by atoms with van der Waals surface area (Å²) in [5, 5.41) is 12.0. The van der Waals surface area contributed by atoms with Gasteiger partial charge in [-0.3, -0.25) is 14.5 Å². The maximum atomic E-state index is 12.0. The Bertz CT molecular complexity index is 623. The molecular weight excluding hydrogens is 336 g/mol.